The molecule has 1 fully saturated rings. The highest BCUT2D eigenvalue weighted by atomic mass is 32.1. The second kappa shape index (κ2) is 6.74. The zero-order valence-electron chi connectivity index (χ0n) is 11.3. The Balaban J connectivity index is 1.85. The Morgan fingerprint density at radius 1 is 1.58 bits per heavy atom. The lowest BCUT2D eigenvalue weighted by atomic mass is 9.83. The molecule has 1 aliphatic rings. The predicted octanol–water partition coefficient (Wildman–Crippen LogP) is 2.21. The molecule has 19 heavy (non-hydrogen) atoms. The molecule has 1 aromatic rings. The summed E-state index contributed by atoms with van der Waals surface area (Å²) in [6.07, 6.45) is 4.43. The second-order valence-electron chi connectivity index (χ2n) is 5.08. The fraction of sp³-hybridized carbons (Fsp3) is 0.533. The second-order valence-corrected chi connectivity index (χ2v) is 5.99. The zero-order valence-corrected chi connectivity index (χ0v) is 12.1. The molecule has 2 N–H and O–H groups in total. The Kier molecular flexibility index (Phi) is 5.00. The minimum absolute atomic E-state index is 0.255. The van der Waals surface area contributed by atoms with Crippen LogP contribution in [-0.2, 0) is 11.3 Å². The van der Waals surface area contributed by atoms with E-state index in [1.165, 1.54) is 19.3 Å². The van der Waals surface area contributed by atoms with Gasteiger partial charge in [-0.3, -0.25) is 4.79 Å². The van der Waals surface area contributed by atoms with Gasteiger partial charge in [-0.05, 0) is 35.8 Å². The number of hydrogen-bond donors (Lipinski definition) is 1. The van der Waals surface area contributed by atoms with E-state index in [1.807, 2.05) is 18.0 Å². The van der Waals surface area contributed by atoms with Crippen LogP contribution in [0.4, 0.5) is 0 Å². The van der Waals surface area contributed by atoms with Crippen LogP contribution >= 0.6 is 11.3 Å². The van der Waals surface area contributed by atoms with Gasteiger partial charge in [0.25, 0.3) is 0 Å². The van der Waals surface area contributed by atoms with Crippen molar-refractivity contribution < 1.29 is 4.79 Å². The quantitative estimate of drug-likeness (QED) is 0.857. The first-order valence-electron chi connectivity index (χ1n) is 6.69. The topological polar surface area (TPSA) is 46.3 Å². The van der Waals surface area contributed by atoms with Crippen molar-refractivity contribution in [2.75, 3.05) is 13.6 Å². The van der Waals surface area contributed by atoms with Gasteiger partial charge in [-0.15, -0.1) is 11.3 Å². The van der Waals surface area contributed by atoms with Crippen molar-refractivity contribution in [2.45, 2.75) is 32.2 Å². The van der Waals surface area contributed by atoms with Crippen molar-refractivity contribution >= 4 is 17.2 Å². The van der Waals surface area contributed by atoms with Crippen molar-refractivity contribution in [1.82, 2.24) is 4.90 Å². The third-order valence-corrected chi connectivity index (χ3v) is 4.40. The number of thiophene rings is 1. The largest absolute Gasteiger partial charge is 0.341 e. The van der Waals surface area contributed by atoms with Crippen LogP contribution in [-0.4, -0.2) is 24.4 Å². The van der Waals surface area contributed by atoms with Gasteiger partial charge in [0.1, 0.15) is 0 Å². The minimum Gasteiger partial charge on any atom is -0.341 e. The van der Waals surface area contributed by atoms with Crippen LogP contribution in [0, 0.1) is 17.8 Å². The van der Waals surface area contributed by atoms with E-state index in [-0.39, 0.29) is 5.91 Å². The van der Waals surface area contributed by atoms with E-state index in [2.05, 4.69) is 17.2 Å². The molecular formula is C15H20N2OS. The summed E-state index contributed by atoms with van der Waals surface area (Å²) in [5, 5.41) is 2.06. The molecule has 2 rings (SSSR count). The normalized spacial score (nSPS) is 14.4. The Labute approximate surface area is 118 Å². The lowest BCUT2D eigenvalue weighted by Gasteiger charge is -2.27. The van der Waals surface area contributed by atoms with Crippen LogP contribution in [0.1, 0.15) is 36.1 Å². The highest BCUT2D eigenvalue weighted by molar-refractivity contribution is 7.10. The fourth-order valence-corrected chi connectivity index (χ4v) is 2.90. The van der Waals surface area contributed by atoms with Gasteiger partial charge in [-0.25, -0.2) is 0 Å². The Morgan fingerprint density at radius 2 is 2.37 bits per heavy atom. The monoisotopic (exact) mass is 276 g/mol. The molecule has 0 aromatic carbocycles. The fourth-order valence-electron chi connectivity index (χ4n) is 2.12. The molecule has 0 aliphatic heterocycles. The maximum atomic E-state index is 12.0. The first-order valence-corrected chi connectivity index (χ1v) is 7.57. The maximum Gasteiger partial charge on any atom is 0.222 e. The molecule has 0 radical (unpaired) electrons. The number of amides is 1. The Morgan fingerprint density at radius 3 is 3.00 bits per heavy atom. The summed E-state index contributed by atoms with van der Waals surface area (Å²) in [5.74, 6) is 6.74. The Bertz CT molecular complexity index is 494. The first kappa shape index (κ1) is 14.1. The molecule has 1 aliphatic carbocycles. The molecular weight excluding hydrogens is 256 g/mol. The van der Waals surface area contributed by atoms with Gasteiger partial charge in [0.15, 0.2) is 0 Å². The highest BCUT2D eigenvalue weighted by Crippen LogP contribution is 2.30. The van der Waals surface area contributed by atoms with E-state index in [0.717, 1.165) is 10.4 Å². The molecule has 0 saturated heterocycles. The van der Waals surface area contributed by atoms with Crippen molar-refractivity contribution in [1.29, 1.82) is 0 Å². The van der Waals surface area contributed by atoms with Crippen molar-refractivity contribution in [3.8, 4) is 11.8 Å². The molecule has 1 saturated carbocycles. The SMILES string of the molecule is CN(Cc1csc(C#CCN)c1)C(=O)CC1CCC1. The molecule has 102 valence electrons. The van der Waals surface area contributed by atoms with E-state index in [4.69, 9.17) is 5.73 Å². The molecule has 0 spiro atoms. The van der Waals surface area contributed by atoms with Gasteiger partial charge >= 0.3 is 0 Å². The first-order chi connectivity index (χ1) is 9.19. The number of nitrogens with zero attached hydrogens (tertiary/aromatic N) is 1. The molecule has 0 atom stereocenters. The van der Waals surface area contributed by atoms with Crippen LogP contribution in [0.3, 0.4) is 0 Å². The van der Waals surface area contributed by atoms with Crippen LogP contribution in [0.15, 0.2) is 11.4 Å². The lowest BCUT2D eigenvalue weighted by Crippen LogP contribution is -2.29. The third-order valence-electron chi connectivity index (χ3n) is 3.50. The zero-order chi connectivity index (χ0) is 13.7. The summed E-state index contributed by atoms with van der Waals surface area (Å²) in [6.45, 7) is 1.05. The van der Waals surface area contributed by atoms with E-state index < -0.39 is 0 Å². The van der Waals surface area contributed by atoms with Gasteiger partial charge in [-0.1, -0.05) is 18.3 Å². The average Bonchev–Trinajstić information content (AvgIpc) is 2.78. The average molecular weight is 276 g/mol. The van der Waals surface area contributed by atoms with E-state index >= 15 is 0 Å². The predicted molar refractivity (Wildman–Crippen MR) is 78.7 cm³/mol. The van der Waals surface area contributed by atoms with Crippen LogP contribution in [0.5, 0.6) is 0 Å². The molecule has 4 heteroatoms. The van der Waals surface area contributed by atoms with Crippen molar-refractivity contribution in [3.05, 3.63) is 21.9 Å². The summed E-state index contributed by atoms with van der Waals surface area (Å²) < 4.78 is 0. The molecule has 1 amide bonds. The van der Waals surface area contributed by atoms with Gasteiger partial charge in [0.05, 0.1) is 11.4 Å². The van der Waals surface area contributed by atoms with Gasteiger partial charge in [0.2, 0.25) is 5.91 Å². The number of rotatable bonds is 4. The molecule has 0 unspecified atom stereocenters. The van der Waals surface area contributed by atoms with Crippen LogP contribution < -0.4 is 5.73 Å². The molecule has 1 heterocycles. The Hall–Kier alpha value is -1.31. The number of carbonyl (C=O) groups is 1. The summed E-state index contributed by atoms with van der Waals surface area (Å²) in [5.41, 5.74) is 6.50. The van der Waals surface area contributed by atoms with E-state index in [1.54, 1.807) is 11.3 Å². The van der Waals surface area contributed by atoms with E-state index in [0.29, 0.717) is 25.4 Å². The van der Waals surface area contributed by atoms with Crippen molar-refractivity contribution in [3.63, 3.8) is 0 Å². The van der Waals surface area contributed by atoms with Crippen LogP contribution in [0.25, 0.3) is 0 Å². The van der Waals surface area contributed by atoms with Crippen LogP contribution in [0.2, 0.25) is 0 Å². The lowest BCUT2D eigenvalue weighted by molar-refractivity contribution is -0.132. The van der Waals surface area contributed by atoms with Gasteiger partial charge in [0, 0.05) is 20.0 Å². The smallest absolute Gasteiger partial charge is 0.222 e. The number of carbonyl (C=O) groups excluding carboxylic acids is 1. The molecule has 3 nitrogen and oxygen atoms in total. The summed E-state index contributed by atoms with van der Waals surface area (Å²) in [6, 6.07) is 2.04. The summed E-state index contributed by atoms with van der Waals surface area (Å²) >= 11 is 1.61. The van der Waals surface area contributed by atoms with Crippen molar-refractivity contribution in [2.24, 2.45) is 11.7 Å². The number of nitrogens with two attached hydrogens (primary N) is 1. The summed E-state index contributed by atoms with van der Waals surface area (Å²) in [4.78, 5) is 14.8. The minimum atomic E-state index is 0.255. The molecule has 1 aromatic heterocycles. The van der Waals surface area contributed by atoms with E-state index in [9.17, 15) is 4.79 Å². The molecule has 0 bridgehead atoms. The van der Waals surface area contributed by atoms with Gasteiger partial charge in [-0.2, -0.15) is 0 Å². The standard InChI is InChI=1S/C15H20N2OS/c1-17(15(18)9-12-4-2-5-12)10-13-8-14(19-11-13)6-3-7-16/h8,11-12H,2,4-5,7,9-10,16H2,1H3. The maximum absolute atomic E-state index is 12.0. The number of hydrogen-bond acceptors (Lipinski definition) is 3. The van der Waals surface area contributed by atoms with Gasteiger partial charge < -0.3 is 10.6 Å². The summed E-state index contributed by atoms with van der Waals surface area (Å²) in [7, 11) is 1.88. The highest BCUT2D eigenvalue weighted by Gasteiger charge is 2.22. The third kappa shape index (κ3) is 4.09.